The third-order valence-electron chi connectivity index (χ3n) is 4.01. The molecule has 1 N–H and O–H groups in total. The molecule has 0 saturated carbocycles. The van der Waals surface area contributed by atoms with Gasteiger partial charge >= 0.3 is 12.1 Å². The number of carbonyl (C=O) groups is 2. The van der Waals surface area contributed by atoms with Crippen molar-refractivity contribution in [2.75, 3.05) is 6.54 Å². The Balaban J connectivity index is 1.78. The number of hydrogen-bond donors (Lipinski definition) is 1. The number of carboxylic acid groups (broad SMARTS) is 1. The number of halogens is 1. The van der Waals surface area contributed by atoms with Crippen LogP contribution in [0, 0.1) is 5.82 Å². The van der Waals surface area contributed by atoms with Gasteiger partial charge in [0.25, 0.3) is 0 Å². The first-order valence-corrected chi connectivity index (χ1v) is 7.54. The van der Waals surface area contributed by atoms with Crippen molar-refractivity contribution in [3.05, 3.63) is 71.0 Å². The maximum atomic E-state index is 13.3. The van der Waals surface area contributed by atoms with Crippen LogP contribution in [-0.2, 0) is 22.6 Å². The molecule has 0 saturated heterocycles. The van der Waals surface area contributed by atoms with E-state index in [0.717, 1.165) is 5.56 Å². The van der Waals surface area contributed by atoms with E-state index >= 15 is 0 Å². The quantitative estimate of drug-likeness (QED) is 0.939. The van der Waals surface area contributed by atoms with E-state index in [1.165, 1.54) is 23.1 Å². The summed E-state index contributed by atoms with van der Waals surface area (Å²) < 4.78 is 18.6. The van der Waals surface area contributed by atoms with Crippen molar-refractivity contribution >= 4 is 12.1 Å². The fourth-order valence-corrected chi connectivity index (χ4v) is 2.86. The lowest BCUT2D eigenvalue weighted by molar-refractivity contribution is -0.143. The third kappa shape index (κ3) is 3.22. The Kier molecular flexibility index (Phi) is 4.46. The van der Waals surface area contributed by atoms with E-state index in [-0.39, 0.29) is 13.2 Å². The maximum Gasteiger partial charge on any atom is 0.411 e. The topological polar surface area (TPSA) is 66.8 Å². The number of carboxylic acids is 1. The molecular weight excluding hydrogens is 313 g/mol. The second-order valence-electron chi connectivity index (χ2n) is 5.57. The predicted octanol–water partition coefficient (Wildman–Crippen LogP) is 3.15. The molecule has 0 aliphatic carbocycles. The monoisotopic (exact) mass is 329 g/mol. The Morgan fingerprint density at radius 2 is 1.96 bits per heavy atom. The highest BCUT2D eigenvalue weighted by atomic mass is 19.1. The Labute approximate surface area is 138 Å². The lowest BCUT2D eigenvalue weighted by atomic mass is 9.93. The second kappa shape index (κ2) is 6.70. The van der Waals surface area contributed by atoms with Crippen molar-refractivity contribution < 1.29 is 23.8 Å². The molecule has 1 atom stereocenters. The standard InChI is InChI=1S/C18H16FNO4/c19-14-6-7-15-13(10-14)8-9-20(16(15)17(21)22)18(23)24-11-12-4-2-1-3-5-12/h1-7,10,16H,8-9,11H2,(H,21,22)/t16-/m0/s1. The SMILES string of the molecule is O=C(O)[C@@H]1c2ccc(F)cc2CCN1C(=O)OCc1ccccc1. The fraction of sp³-hybridized carbons (Fsp3) is 0.222. The molecule has 2 aromatic rings. The summed E-state index contributed by atoms with van der Waals surface area (Å²) in [5.74, 6) is -1.59. The molecule has 24 heavy (non-hydrogen) atoms. The molecule has 0 radical (unpaired) electrons. The van der Waals surface area contributed by atoms with Crippen molar-refractivity contribution in [1.82, 2.24) is 4.90 Å². The van der Waals surface area contributed by atoms with Gasteiger partial charge in [-0.05, 0) is 35.2 Å². The average molecular weight is 329 g/mol. The number of nitrogens with zero attached hydrogens (tertiary/aromatic N) is 1. The molecule has 1 amide bonds. The first-order valence-electron chi connectivity index (χ1n) is 7.54. The number of ether oxygens (including phenoxy) is 1. The van der Waals surface area contributed by atoms with Gasteiger partial charge in [-0.1, -0.05) is 36.4 Å². The van der Waals surface area contributed by atoms with Crippen LogP contribution < -0.4 is 0 Å². The van der Waals surface area contributed by atoms with Crippen molar-refractivity contribution in [3.63, 3.8) is 0 Å². The molecule has 0 aromatic heterocycles. The van der Waals surface area contributed by atoms with Gasteiger partial charge in [-0.2, -0.15) is 0 Å². The summed E-state index contributed by atoms with van der Waals surface area (Å²) in [6, 6.07) is 11.9. The number of hydrogen-bond acceptors (Lipinski definition) is 3. The van der Waals surface area contributed by atoms with Crippen LogP contribution in [0.3, 0.4) is 0 Å². The predicted molar refractivity (Wildman–Crippen MR) is 83.8 cm³/mol. The van der Waals surface area contributed by atoms with Crippen LogP contribution in [0.5, 0.6) is 0 Å². The number of aliphatic carboxylic acids is 1. The molecule has 2 aromatic carbocycles. The highest BCUT2D eigenvalue weighted by Crippen LogP contribution is 2.31. The van der Waals surface area contributed by atoms with Crippen LogP contribution in [-0.4, -0.2) is 28.6 Å². The van der Waals surface area contributed by atoms with Crippen molar-refractivity contribution in [3.8, 4) is 0 Å². The van der Waals surface area contributed by atoms with E-state index in [4.69, 9.17) is 4.74 Å². The van der Waals surface area contributed by atoms with Crippen molar-refractivity contribution in [2.24, 2.45) is 0 Å². The van der Waals surface area contributed by atoms with Crippen LogP contribution in [0.2, 0.25) is 0 Å². The molecule has 0 bridgehead atoms. The molecule has 124 valence electrons. The fourth-order valence-electron chi connectivity index (χ4n) is 2.86. The zero-order valence-electron chi connectivity index (χ0n) is 12.8. The number of rotatable bonds is 3. The van der Waals surface area contributed by atoms with Crippen molar-refractivity contribution in [2.45, 2.75) is 19.1 Å². The summed E-state index contributed by atoms with van der Waals surface area (Å²) in [6.07, 6.45) is -0.307. The summed E-state index contributed by atoms with van der Waals surface area (Å²) in [4.78, 5) is 25.1. The Hall–Kier alpha value is -2.89. The van der Waals surface area contributed by atoms with Gasteiger partial charge in [0.05, 0.1) is 0 Å². The maximum absolute atomic E-state index is 13.3. The number of benzene rings is 2. The first kappa shape index (κ1) is 16.0. The zero-order valence-corrected chi connectivity index (χ0v) is 12.8. The lowest BCUT2D eigenvalue weighted by Gasteiger charge is -2.33. The third-order valence-corrected chi connectivity index (χ3v) is 4.01. The van der Waals surface area contributed by atoms with E-state index < -0.39 is 23.9 Å². The summed E-state index contributed by atoms with van der Waals surface area (Å²) >= 11 is 0. The molecule has 0 unspecified atom stereocenters. The first-order chi connectivity index (χ1) is 11.6. The van der Waals surface area contributed by atoms with Crippen LogP contribution in [0.15, 0.2) is 48.5 Å². The highest BCUT2D eigenvalue weighted by molar-refractivity contribution is 5.82. The van der Waals surface area contributed by atoms with Crippen LogP contribution >= 0.6 is 0 Å². The van der Waals surface area contributed by atoms with Gasteiger partial charge in [0.2, 0.25) is 0 Å². The number of amides is 1. The second-order valence-corrected chi connectivity index (χ2v) is 5.57. The Morgan fingerprint density at radius 3 is 2.67 bits per heavy atom. The van der Waals surface area contributed by atoms with E-state index in [0.29, 0.717) is 17.5 Å². The number of carbonyl (C=O) groups excluding carboxylic acids is 1. The average Bonchev–Trinajstić information content (AvgIpc) is 2.59. The van der Waals surface area contributed by atoms with E-state index in [2.05, 4.69) is 0 Å². The molecule has 5 nitrogen and oxygen atoms in total. The van der Waals surface area contributed by atoms with Gasteiger partial charge in [-0.25, -0.2) is 14.0 Å². The highest BCUT2D eigenvalue weighted by Gasteiger charge is 2.37. The smallest absolute Gasteiger partial charge is 0.411 e. The molecule has 1 heterocycles. The lowest BCUT2D eigenvalue weighted by Crippen LogP contribution is -2.43. The summed E-state index contributed by atoms with van der Waals surface area (Å²) in [6.45, 7) is 0.236. The minimum absolute atomic E-state index is 0.0682. The summed E-state index contributed by atoms with van der Waals surface area (Å²) in [5, 5.41) is 9.52. The number of fused-ring (bicyclic) bond motifs is 1. The molecule has 1 aliphatic heterocycles. The molecule has 0 spiro atoms. The van der Waals surface area contributed by atoms with Crippen LogP contribution in [0.25, 0.3) is 0 Å². The van der Waals surface area contributed by atoms with E-state index in [1.54, 1.807) is 0 Å². The van der Waals surface area contributed by atoms with Gasteiger partial charge in [-0.3, -0.25) is 4.90 Å². The molecule has 3 rings (SSSR count). The van der Waals surface area contributed by atoms with Gasteiger partial charge in [0.15, 0.2) is 6.04 Å². The normalized spacial score (nSPS) is 16.4. The Morgan fingerprint density at radius 1 is 1.21 bits per heavy atom. The molecule has 6 heteroatoms. The van der Waals surface area contributed by atoms with Crippen LogP contribution in [0.4, 0.5) is 9.18 Å². The Bertz CT molecular complexity index is 763. The summed E-state index contributed by atoms with van der Waals surface area (Å²) in [5.41, 5.74) is 1.85. The molecular formula is C18H16FNO4. The van der Waals surface area contributed by atoms with E-state index in [1.807, 2.05) is 30.3 Å². The van der Waals surface area contributed by atoms with Crippen molar-refractivity contribution in [1.29, 1.82) is 0 Å². The largest absolute Gasteiger partial charge is 0.479 e. The van der Waals surface area contributed by atoms with E-state index in [9.17, 15) is 19.1 Å². The minimum Gasteiger partial charge on any atom is -0.479 e. The zero-order chi connectivity index (χ0) is 17.1. The summed E-state index contributed by atoms with van der Waals surface area (Å²) in [7, 11) is 0. The molecule has 0 fully saturated rings. The van der Waals surface area contributed by atoms with Gasteiger partial charge in [0.1, 0.15) is 12.4 Å². The van der Waals surface area contributed by atoms with Gasteiger partial charge in [0, 0.05) is 6.54 Å². The minimum atomic E-state index is -1.17. The van der Waals surface area contributed by atoms with Gasteiger partial charge < -0.3 is 9.84 Å². The van der Waals surface area contributed by atoms with Gasteiger partial charge in [-0.15, -0.1) is 0 Å². The molecule has 1 aliphatic rings. The van der Waals surface area contributed by atoms with Crippen LogP contribution in [0.1, 0.15) is 22.7 Å².